The minimum Gasteiger partial charge on any atom is -0.322 e. The molecule has 1 aromatic carbocycles. The maximum absolute atomic E-state index is 12.0. The molecule has 0 N–H and O–H groups in total. The second-order valence-electron chi connectivity index (χ2n) is 4.77. The summed E-state index contributed by atoms with van der Waals surface area (Å²) in [4.78, 5) is 0. The molecule has 3 nitrogen and oxygen atoms in total. The first-order valence-electron chi connectivity index (χ1n) is 6.12. The molecule has 0 radical (unpaired) electrons. The van der Waals surface area contributed by atoms with Gasteiger partial charge in [0.1, 0.15) is 5.69 Å². The Bertz CT molecular complexity index is 409. The van der Waals surface area contributed by atoms with Crippen LogP contribution in [0, 0.1) is 0 Å². The molecule has 1 atom stereocenters. The number of hydrogen-bond acceptors (Lipinski definition) is 3. The number of hydrogen-bond donors (Lipinski definition) is 0. The average molecular weight is 288 g/mol. The smallest absolute Gasteiger partial charge is 0.254 e. The number of nitrogens with zero attached hydrogens (tertiary/aromatic N) is 1. The van der Waals surface area contributed by atoms with E-state index in [-0.39, 0.29) is 0 Å². The van der Waals surface area contributed by atoms with Crippen LogP contribution in [0.1, 0.15) is 6.92 Å². The van der Waals surface area contributed by atoms with Crippen LogP contribution >= 0.6 is 18.0 Å². The third-order valence-electron chi connectivity index (χ3n) is 2.79. The summed E-state index contributed by atoms with van der Waals surface area (Å²) in [5, 5.41) is 0. The Hall–Kier alpha value is -0.280. The lowest BCUT2D eigenvalue weighted by molar-refractivity contribution is 0.349. The Balaban J connectivity index is 2.51. The maximum atomic E-state index is 12.0. The van der Waals surface area contributed by atoms with E-state index in [4.69, 9.17) is 4.52 Å². The van der Waals surface area contributed by atoms with E-state index in [2.05, 4.69) is 26.2 Å². The van der Waals surface area contributed by atoms with Crippen molar-refractivity contribution in [3.05, 3.63) is 30.3 Å². The predicted molar refractivity (Wildman–Crippen MR) is 82.6 cm³/mol. The first kappa shape index (κ1) is 15.8. The zero-order valence-corrected chi connectivity index (χ0v) is 13.3. The van der Waals surface area contributed by atoms with E-state index in [9.17, 15) is 4.57 Å². The van der Waals surface area contributed by atoms with Gasteiger partial charge < -0.3 is 4.52 Å². The topological polar surface area (TPSA) is 26.3 Å². The van der Waals surface area contributed by atoms with Crippen molar-refractivity contribution in [2.75, 3.05) is 39.7 Å². The second-order valence-corrected chi connectivity index (χ2v) is 10.00. The van der Waals surface area contributed by atoms with Gasteiger partial charge in [-0.05, 0) is 19.1 Å². The van der Waals surface area contributed by atoms with Gasteiger partial charge in [-0.1, -0.05) is 29.6 Å². The maximum Gasteiger partial charge on any atom is 0.254 e. The molecule has 0 heterocycles. The minimum absolute atomic E-state index is 0.512. The van der Waals surface area contributed by atoms with Gasteiger partial charge in [0, 0.05) is 6.66 Å². The molecule has 0 aromatic heterocycles. The van der Waals surface area contributed by atoms with Crippen LogP contribution in [0.25, 0.3) is 0 Å². The molecule has 0 saturated carbocycles. The van der Waals surface area contributed by atoms with E-state index >= 15 is 0 Å². The zero-order chi connectivity index (χ0) is 13.6. The summed E-state index contributed by atoms with van der Waals surface area (Å²) in [6.07, 6.45) is 0. The van der Waals surface area contributed by atoms with E-state index in [1.54, 1.807) is 6.66 Å². The second kappa shape index (κ2) is 6.76. The van der Waals surface area contributed by atoms with Crippen LogP contribution in [-0.4, -0.2) is 39.7 Å². The summed E-state index contributed by atoms with van der Waals surface area (Å²) >= 11 is 1.44. The van der Waals surface area contributed by atoms with Gasteiger partial charge >= 0.3 is 0 Å². The highest BCUT2D eigenvalue weighted by atomic mass is 32.7. The molecule has 102 valence electrons. The Morgan fingerprint density at radius 1 is 1.28 bits per heavy atom. The first-order valence-corrected chi connectivity index (χ1v) is 9.79. The van der Waals surface area contributed by atoms with Gasteiger partial charge in [-0.2, -0.15) is 0 Å². The van der Waals surface area contributed by atoms with Crippen LogP contribution in [0.2, 0.25) is 0 Å². The van der Waals surface area contributed by atoms with Crippen LogP contribution in [0.15, 0.2) is 30.3 Å². The molecule has 0 bridgehead atoms. The summed E-state index contributed by atoms with van der Waals surface area (Å²) in [5.74, 6) is 0.829. The fourth-order valence-electron chi connectivity index (χ4n) is 1.67. The normalized spacial score (nSPS) is 15.3. The number of benzene rings is 1. The molecule has 1 aromatic rings. The van der Waals surface area contributed by atoms with Gasteiger partial charge in [0.2, 0.25) is 0 Å². The highest BCUT2D eigenvalue weighted by Crippen LogP contribution is 2.55. The molecule has 1 rings (SSSR count). The number of rotatable bonds is 7. The van der Waals surface area contributed by atoms with Crippen LogP contribution in [0.3, 0.4) is 0 Å². The molecule has 0 aliphatic rings. The van der Waals surface area contributed by atoms with Gasteiger partial charge in [-0.15, -0.1) is 0 Å². The van der Waals surface area contributed by atoms with Gasteiger partial charge in [0.25, 0.3) is 6.57 Å². The quantitative estimate of drug-likeness (QED) is 0.563. The Kier molecular flexibility index (Phi) is 5.93. The van der Waals surface area contributed by atoms with Crippen LogP contribution in [0.4, 0.5) is 5.69 Å². The van der Waals surface area contributed by atoms with E-state index in [1.165, 1.54) is 17.1 Å². The molecular formula is C13H23NO2PS+. The molecular weight excluding hydrogens is 265 g/mol. The third-order valence-corrected chi connectivity index (χ3v) is 6.63. The van der Waals surface area contributed by atoms with E-state index < -0.39 is 6.57 Å². The van der Waals surface area contributed by atoms with Crippen molar-refractivity contribution in [1.29, 1.82) is 0 Å². The number of para-hydroxylation sites is 1. The van der Waals surface area contributed by atoms with Crippen molar-refractivity contribution in [1.82, 2.24) is 4.48 Å². The summed E-state index contributed by atoms with van der Waals surface area (Å²) in [6, 6.07) is 10.4. The summed E-state index contributed by atoms with van der Waals surface area (Å²) in [7, 11) is 4.33. The summed E-state index contributed by atoms with van der Waals surface area (Å²) in [6.45, 7) is 2.55. The molecule has 0 spiro atoms. The molecule has 1 unspecified atom stereocenters. The Morgan fingerprint density at radius 3 is 2.44 bits per heavy atom. The van der Waals surface area contributed by atoms with Crippen molar-refractivity contribution in [3.63, 3.8) is 0 Å². The van der Waals surface area contributed by atoms with Gasteiger partial charge in [0.05, 0.1) is 33.0 Å². The predicted octanol–water partition coefficient (Wildman–Crippen LogP) is 3.85. The van der Waals surface area contributed by atoms with Crippen molar-refractivity contribution < 1.29 is 9.09 Å². The molecule has 5 heteroatoms. The first-order chi connectivity index (χ1) is 8.37. The van der Waals surface area contributed by atoms with Crippen molar-refractivity contribution in [2.45, 2.75) is 6.92 Å². The molecule has 0 aliphatic heterocycles. The van der Waals surface area contributed by atoms with Crippen LogP contribution < -0.4 is 4.48 Å². The van der Waals surface area contributed by atoms with Crippen LogP contribution in [-0.2, 0) is 9.09 Å². The Morgan fingerprint density at radius 2 is 1.89 bits per heavy atom. The van der Waals surface area contributed by atoms with Crippen molar-refractivity contribution in [2.24, 2.45) is 0 Å². The molecule has 0 aliphatic carbocycles. The molecule has 0 amide bonds. The van der Waals surface area contributed by atoms with Crippen LogP contribution in [0.5, 0.6) is 0 Å². The van der Waals surface area contributed by atoms with E-state index in [1.807, 2.05) is 25.1 Å². The van der Waals surface area contributed by atoms with Gasteiger partial charge in [-0.25, -0.2) is 0 Å². The monoisotopic (exact) mass is 288 g/mol. The molecule has 0 saturated heterocycles. The average Bonchev–Trinajstić information content (AvgIpc) is 2.29. The highest BCUT2D eigenvalue weighted by molar-refractivity contribution is 8.56. The number of quaternary nitrogens is 1. The SMILES string of the molecule is CCOP(C)(=O)SCC[N+](C)(C)c1ccccc1. The summed E-state index contributed by atoms with van der Waals surface area (Å²) < 4.78 is 18.0. The fraction of sp³-hybridized carbons (Fsp3) is 0.538. The largest absolute Gasteiger partial charge is 0.322 e. The zero-order valence-electron chi connectivity index (χ0n) is 11.6. The van der Waals surface area contributed by atoms with E-state index in [0.717, 1.165) is 16.8 Å². The standard InChI is InChI=1S/C13H23NO2PS/c1-5-16-17(4,15)18-12-11-14(2,3)13-9-7-6-8-10-13/h6-10H,5,11-12H2,1-4H3/q+1. The third kappa shape index (κ3) is 5.15. The molecule has 18 heavy (non-hydrogen) atoms. The van der Waals surface area contributed by atoms with E-state index in [0.29, 0.717) is 6.61 Å². The minimum atomic E-state index is -2.46. The molecule has 0 fully saturated rings. The lowest BCUT2D eigenvalue weighted by atomic mass is 10.2. The van der Waals surface area contributed by atoms with Crippen molar-refractivity contribution >= 4 is 23.6 Å². The van der Waals surface area contributed by atoms with Gasteiger partial charge in [0.15, 0.2) is 0 Å². The van der Waals surface area contributed by atoms with Crippen molar-refractivity contribution in [3.8, 4) is 0 Å². The lowest BCUT2D eigenvalue weighted by Gasteiger charge is -2.29. The van der Waals surface area contributed by atoms with Gasteiger partial charge in [-0.3, -0.25) is 9.05 Å². The fourth-order valence-corrected chi connectivity index (χ4v) is 4.86. The highest BCUT2D eigenvalue weighted by Gasteiger charge is 2.22. The lowest BCUT2D eigenvalue weighted by Crippen LogP contribution is -2.42. The summed E-state index contributed by atoms with van der Waals surface area (Å²) in [5.41, 5.74) is 1.26. The Labute approximate surface area is 114 Å².